The molecule has 22 heavy (non-hydrogen) atoms. The number of aromatic nitrogens is 2. The van der Waals surface area contributed by atoms with Gasteiger partial charge in [-0.25, -0.2) is 4.98 Å². The average Bonchev–Trinajstić information content (AvgIpc) is 2.50. The van der Waals surface area contributed by atoms with E-state index in [1.54, 1.807) is 17.7 Å². The first-order chi connectivity index (χ1) is 10.5. The highest BCUT2D eigenvalue weighted by Crippen LogP contribution is 2.23. The van der Waals surface area contributed by atoms with E-state index >= 15 is 0 Å². The molecule has 6 heteroatoms. The standard InChI is InChI=1S/C16H14N2O3S/c1-18-10-6-3-2-5-9(10)17-14(16(18)22)15(21)13-11(19)7-4-8-12(13)20/h2-3,5-6,13H,4,7-8H2,1H3. The summed E-state index contributed by atoms with van der Waals surface area (Å²) < 4.78 is 1.93. The third-order valence-corrected chi connectivity index (χ3v) is 4.44. The number of para-hydroxylation sites is 2. The number of benzene rings is 1. The first-order valence-corrected chi connectivity index (χ1v) is 7.47. The van der Waals surface area contributed by atoms with Crippen molar-refractivity contribution in [2.75, 3.05) is 0 Å². The Bertz CT molecular complexity index is 853. The molecule has 0 aliphatic heterocycles. The molecule has 0 radical (unpaired) electrons. The smallest absolute Gasteiger partial charge is 0.202 e. The largest absolute Gasteiger partial charge is 0.332 e. The van der Waals surface area contributed by atoms with Crippen LogP contribution < -0.4 is 0 Å². The van der Waals surface area contributed by atoms with E-state index in [-0.39, 0.29) is 34.7 Å². The van der Waals surface area contributed by atoms with Gasteiger partial charge in [0.1, 0.15) is 16.3 Å². The minimum Gasteiger partial charge on any atom is -0.332 e. The quantitative estimate of drug-likeness (QED) is 0.484. The highest BCUT2D eigenvalue weighted by Gasteiger charge is 2.37. The fourth-order valence-electron chi connectivity index (χ4n) is 2.77. The number of aryl methyl sites for hydroxylation is 1. The molecule has 0 bridgehead atoms. The SMILES string of the molecule is Cn1c(=S)c(C(=O)C2C(=O)CCCC2=O)nc2ccccc21. The molecule has 1 aromatic carbocycles. The number of fused-ring (bicyclic) bond motifs is 1. The van der Waals surface area contributed by atoms with Gasteiger partial charge in [0.05, 0.1) is 11.0 Å². The zero-order chi connectivity index (χ0) is 15.9. The van der Waals surface area contributed by atoms with Gasteiger partial charge in [-0.1, -0.05) is 24.4 Å². The van der Waals surface area contributed by atoms with Crippen LogP contribution in [0.1, 0.15) is 29.8 Å². The zero-order valence-electron chi connectivity index (χ0n) is 12.0. The van der Waals surface area contributed by atoms with Gasteiger partial charge in [-0.3, -0.25) is 14.4 Å². The molecule has 1 fully saturated rings. The molecule has 1 aromatic heterocycles. The van der Waals surface area contributed by atoms with Crippen LogP contribution in [0, 0.1) is 10.6 Å². The number of hydrogen-bond donors (Lipinski definition) is 0. The summed E-state index contributed by atoms with van der Waals surface area (Å²) in [6.45, 7) is 0. The lowest BCUT2D eigenvalue weighted by Gasteiger charge is -2.18. The molecule has 1 aliphatic rings. The van der Waals surface area contributed by atoms with Gasteiger partial charge >= 0.3 is 0 Å². The normalized spacial score (nSPS) is 16.2. The van der Waals surface area contributed by atoms with E-state index in [9.17, 15) is 14.4 Å². The number of carbonyl (C=O) groups excluding carboxylic acids is 3. The number of hydrogen-bond acceptors (Lipinski definition) is 5. The first-order valence-electron chi connectivity index (χ1n) is 7.06. The minimum atomic E-state index is -1.23. The van der Waals surface area contributed by atoms with Crippen LogP contribution in [-0.2, 0) is 16.6 Å². The van der Waals surface area contributed by atoms with Crippen LogP contribution in [0.4, 0.5) is 0 Å². The Morgan fingerprint density at radius 1 is 1.23 bits per heavy atom. The maximum absolute atomic E-state index is 12.7. The van der Waals surface area contributed by atoms with Gasteiger partial charge in [0, 0.05) is 19.9 Å². The summed E-state index contributed by atoms with van der Waals surface area (Å²) in [6.07, 6.45) is 1.03. The second kappa shape index (κ2) is 5.53. The Hall–Kier alpha value is -2.21. The molecule has 2 aromatic rings. The van der Waals surface area contributed by atoms with Crippen molar-refractivity contribution in [3.8, 4) is 0 Å². The molecule has 0 saturated heterocycles. The van der Waals surface area contributed by atoms with E-state index in [0.29, 0.717) is 11.9 Å². The van der Waals surface area contributed by atoms with E-state index in [1.807, 2.05) is 18.2 Å². The van der Waals surface area contributed by atoms with E-state index in [1.165, 1.54) is 0 Å². The maximum Gasteiger partial charge on any atom is 0.202 e. The van der Waals surface area contributed by atoms with Crippen LogP contribution >= 0.6 is 12.2 Å². The van der Waals surface area contributed by atoms with Crippen LogP contribution in [0.15, 0.2) is 24.3 Å². The van der Waals surface area contributed by atoms with Crippen LogP contribution in [0.5, 0.6) is 0 Å². The second-order valence-corrected chi connectivity index (χ2v) is 5.78. The number of carbonyl (C=O) groups is 3. The molecule has 0 atom stereocenters. The van der Waals surface area contributed by atoms with Gasteiger partial charge in [-0.05, 0) is 18.6 Å². The lowest BCUT2D eigenvalue weighted by atomic mass is 9.83. The van der Waals surface area contributed by atoms with E-state index < -0.39 is 11.7 Å². The molecule has 0 amide bonds. The van der Waals surface area contributed by atoms with Crippen LogP contribution in [0.25, 0.3) is 11.0 Å². The van der Waals surface area contributed by atoms with Crippen LogP contribution in [0.3, 0.4) is 0 Å². The van der Waals surface area contributed by atoms with E-state index in [2.05, 4.69) is 4.98 Å². The summed E-state index contributed by atoms with van der Waals surface area (Å²) in [5.41, 5.74) is 1.44. The third-order valence-electron chi connectivity index (χ3n) is 3.97. The van der Waals surface area contributed by atoms with Crippen molar-refractivity contribution in [2.24, 2.45) is 13.0 Å². The molecule has 0 spiro atoms. The van der Waals surface area contributed by atoms with Gasteiger partial charge in [-0.15, -0.1) is 0 Å². The van der Waals surface area contributed by atoms with Crippen molar-refractivity contribution in [1.29, 1.82) is 0 Å². The molecule has 1 aliphatic carbocycles. The summed E-state index contributed by atoms with van der Waals surface area (Å²) in [7, 11) is 1.74. The molecule has 1 saturated carbocycles. The number of Topliss-reactive ketones (excluding diaryl/α,β-unsaturated/α-hetero) is 3. The zero-order valence-corrected chi connectivity index (χ0v) is 12.9. The Balaban J connectivity index is 2.15. The third kappa shape index (κ3) is 2.29. The molecule has 1 heterocycles. The van der Waals surface area contributed by atoms with Gasteiger partial charge in [0.15, 0.2) is 11.6 Å². The van der Waals surface area contributed by atoms with Gasteiger partial charge < -0.3 is 4.57 Å². The first kappa shape index (κ1) is 14.7. The topological polar surface area (TPSA) is 69.0 Å². The van der Waals surface area contributed by atoms with Crippen molar-refractivity contribution >= 4 is 40.6 Å². The Labute approximate surface area is 132 Å². The molecular weight excluding hydrogens is 300 g/mol. The van der Waals surface area contributed by atoms with Gasteiger partial charge in [-0.2, -0.15) is 0 Å². The van der Waals surface area contributed by atoms with Gasteiger partial charge in [0.25, 0.3) is 0 Å². The lowest BCUT2D eigenvalue weighted by Crippen LogP contribution is -2.36. The Kier molecular flexibility index (Phi) is 3.70. The fraction of sp³-hybridized carbons (Fsp3) is 0.312. The Morgan fingerprint density at radius 2 is 1.86 bits per heavy atom. The highest BCUT2D eigenvalue weighted by molar-refractivity contribution is 7.71. The summed E-state index contributed by atoms with van der Waals surface area (Å²) in [5, 5.41) is 0. The molecule has 112 valence electrons. The molecule has 0 unspecified atom stereocenters. The summed E-state index contributed by atoms with van der Waals surface area (Å²) in [5.74, 6) is -2.45. The number of rotatable bonds is 2. The van der Waals surface area contributed by atoms with Crippen molar-refractivity contribution in [1.82, 2.24) is 9.55 Å². The fourth-order valence-corrected chi connectivity index (χ4v) is 3.02. The van der Waals surface area contributed by atoms with Crippen molar-refractivity contribution in [3.05, 3.63) is 34.6 Å². The number of nitrogens with zero attached hydrogens (tertiary/aromatic N) is 2. The lowest BCUT2D eigenvalue weighted by molar-refractivity contribution is -0.133. The summed E-state index contributed by atoms with van der Waals surface area (Å²) in [4.78, 5) is 40.9. The molecule has 0 N–H and O–H groups in total. The highest BCUT2D eigenvalue weighted by atomic mass is 32.1. The number of ketones is 3. The molecule has 5 nitrogen and oxygen atoms in total. The summed E-state index contributed by atoms with van der Waals surface area (Å²) in [6, 6.07) is 7.28. The Morgan fingerprint density at radius 3 is 2.55 bits per heavy atom. The second-order valence-electron chi connectivity index (χ2n) is 5.40. The van der Waals surface area contributed by atoms with E-state index in [4.69, 9.17) is 12.2 Å². The summed E-state index contributed by atoms with van der Waals surface area (Å²) >= 11 is 5.30. The molecular formula is C16H14N2O3S. The predicted octanol–water partition coefficient (Wildman–Crippen LogP) is 2.42. The van der Waals surface area contributed by atoms with Crippen molar-refractivity contribution in [2.45, 2.75) is 19.3 Å². The minimum absolute atomic E-state index is 0.0322. The monoisotopic (exact) mass is 314 g/mol. The average molecular weight is 314 g/mol. The molecule has 3 rings (SSSR count). The van der Waals surface area contributed by atoms with Crippen molar-refractivity contribution < 1.29 is 14.4 Å². The van der Waals surface area contributed by atoms with E-state index in [0.717, 1.165) is 5.52 Å². The van der Waals surface area contributed by atoms with Crippen LogP contribution in [-0.4, -0.2) is 26.9 Å². The maximum atomic E-state index is 12.7. The van der Waals surface area contributed by atoms with Gasteiger partial charge in [0.2, 0.25) is 5.78 Å². The van der Waals surface area contributed by atoms with Crippen molar-refractivity contribution in [3.63, 3.8) is 0 Å². The predicted molar refractivity (Wildman–Crippen MR) is 83.2 cm³/mol. The van der Waals surface area contributed by atoms with Crippen LogP contribution in [0.2, 0.25) is 0 Å².